The van der Waals surface area contributed by atoms with Gasteiger partial charge in [0.05, 0.1) is 11.5 Å². The van der Waals surface area contributed by atoms with Gasteiger partial charge in [0.2, 0.25) is 0 Å². The Bertz CT molecular complexity index is 683. The Morgan fingerprint density at radius 3 is 2.61 bits per heavy atom. The average Bonchev–Trinajstić information content (AvgIpc) is 2.43. The van der Waals surface area contributed by atoms with Crippen molar-refractivity contribution in [2.75, 3.05) is 11.9 Å². The van der Waals surface area contributed by atoms with Crippen LogP contribution in [-0.2, 0) is 11.0 Å². The van der Waals surface area contributed by atoms with Crippen LogP contribution in [0, 0.1) is 10.1 Å². The molecule has 124 valence electrons. The van der Waals surface area contributed by atoms with Crippen LogP contribution >= 0.6 is 0 Å². The van der Waals surface area contributed by atoms with Crippen molar-refractivity contribution in [1.29, 1.82) is 0 Å². The molecule has 0 saturated heterocycles. The molecule has 0 fully saturated rings. The van der Waals surface area contributed by atoms with Crippen LogP contribution in [0.2, 0.25) is 0 Å². The van der Waals surface area contributed by atoms with E-state index in [4.69, 9.17) is 5.53 Å². The summed E-state index contributed by atoms with van der Waals surface area (Å²) in [7, 11) is 0. The first kappa shape index (κ1) is 18.2. The number of benzene rings is 1. The Morgan fingerprint density at radius 2 is 2.13 bits per heavy atom. The van der Waals surface area contributed by atoms with Crippen LogP contribution in [0.4, 0.5) is 24.5 Å². The first-order valence-electron chi connectivity index (χ1n) is 5.89. The van der Waals surface area contributed by atoms with Crippen molar-refractivity contribution in [2.24, 2.45) is 5.11 Å². The number of alkyl halides is 3. The lowest BCUT2D eigenvalue weighted by atomic mass is 10.1. The number of nitrogens with one attached hydrogen (secondary N) is 1. The molecule has 1 amide bonds. The highest BCUT2D eigenvalue weighted by Gasteiger charge is 2.39. The van der Waals surface area contributed by atoms with Crippen LogP contribution < -0.4 is 5.32 Å². The third-order valence-corrected chi connectivity index (χ3v) is 2.69. The second-order valence-corrected chi connectivity index (χ2v) is 4.60. The molecule has 9 nitrogen and oxygen atoms in total. The third-order valence-electron chi connectivity index (χ3n) is 2.69. The number of rotatable bonds is 5. The predicted molar refractivity (Wildman–Crippen MR) is 71.4 cm³/mol. The molecule has 0 aliphatic carbocycles. The molecule has 0 saturated carbocycles. The molecule has 0 aromatic heterocycles. The Hall–Kier alpha value is -2.85. The minimum Gasteiger partial charge on any atom is -0.380 e. The van der Waals surface area contributed by atoms with Gasteiger partial charge in [-0.05, 0) is 24.6 Å². The molecule has 12 heteroatoms. The van der Waals surface area contributed by atoms with Crippen molar-refractivity contribution in [3.8, 4) is 0 Å². The Kier molecular flexibility index (Phi) is 5.14. The van der Waals surface area contributed by atoms with Gasteiger partial charge in [-0.25, -0.2) is 0 Å². The van der Waals surface area contributed by atoms with E-state index in [1.165, 1.54) is 0 Å². The van der Waals surface area contributed by atoms with Gasteiger partial charge in [0.1, 0.15) is 11.2 Å². The van der Waals surface area contributed by atoms with Crippen molar-refractivity contribution in [1.82, 2.24) is 0 Å². The van der Waals surface area contributed by atoms with Gasteiger partial charge in [-0.3, -0.25) is 14.9 Å². The van der Waals surface area contributed by atoms with E-state index in [-0.39, 0.29) is 0 Å². The van der Waals surface area contributed by atoms with Crippen molar-refractivity contribution in [3.63, 3.8) is 0 Å². The summed E-state index contributed by atoms with van der Waals surface area (Å²) < 4.78 is 38.4. The first-order valence-corrected chi connectivity index (χ1v) is 5.89. The van der Waals surface area contributed by atoms with Crippen molar-refractivity contribution in [3.05, 3.63) is 44.3 Å². The van der Waals surface area contributed by atoms with E-state index >= 15 is 0 Å². The van der Waals surface area contributed by atoms with Gasteiger partial charge in [-0.2, -0.15) is 13.2 Å². The number of nitro groups is 1. The topological polar surface area (TPSA) is 141 Å². The molecule has 1 atom stereocenters. The highest BCUT2D eigenvalue weighted by Crippen LogP contribution is 2.37. The van der Waals surface area contributed by atoms with Gasteiger partial charge in [0, 0.05) is 16.7 Å². The summed E-state index contributed by atoms with van der Waals surface area (Å²) in [5, 5.41) is 25.3. The van der Waals surface area contributed by atoms with Crippen molar-refractivity contribution in [2.45, 2.75) is 18.7 Å². The maximum absolute atomic E-state index is 12.8. The predicted octanol–water partition coefficient (Wildman–Crippen LogP) is 2.61. The van der Waals surface area contributed by atoms with Crippen molar-refractivity contribution < 1.29 is 28.0 Å². The minimum atomic E-state index is -5.00. The number of carbonyl (C=O) groups is 1. The Labute approximate surface area is 126 Å². The maximum atomic E-state index is 12.8. The number of anilines is 1. The number of hydrogen-bond acceptors (Lipinski definition) is 5. The quantitative estimate of drug-likeness (QED) is 0.281. The summed E-state index contributed by atoms with van der Waals surface area (Å²) in [6.45, 7) is 0.349. The summed E-state index contributed by atoms with van der Waals surface area (Å²) in [6.07, 6.45) is -5.00. The standard InChI is InChI=1S/C11H10F3N5O4/c1-10(21,5-16-18-15)9(20)17-6-2-3-8(19(22)23)7(4-6)11(12,13)14/h2-4,21H,5H2,1H3,(H,17,20)/t10-/m0/s1. The first-order chi connectivity index (χ1) is 10.5. The SMILES string of the molecule is C[C@](O)(CN=[N+]=[N-])C(=O)Nc1ccc([N+](=O)[O-])c(C(F)(F)F)c1. The van der Waals surface area contributed by atoms with Crippen LogP contribution in [0.5, 0.6) is 0 Å². The van der Waals surface area contributed by atoms with E-state index < -0.39 is 46.1 Å². The Morgan fingerprint density at radius 1 is 1.52 bits per heavy atom. The zero-order chi connectivity index (χ0) is 17.8. The number of halogens is 3. The van der Waals surface area contributed by atoms with Crippen LogP contribution in [-0.4, -0.2) is 28.1 Å². The smallest absolute Gasteiger partial charge is 0.380 e. The molecular formula is C11H10F3N5O4. The van der Waals surface area contributed by atoms with Gasteiger partial charge < -0.3 is 10.4 Å². The number of carbonyl (C=O) groups excluding carboxylic acids is 1. The van der Waals surface area contributed by atoms with Gasteiger partial charge >= 0.3 is 6.18 Å². The van der Waals surface area contributed by atoms with Crippen molar-refractivity contribution >= 4 is 17.3 Å². The van der Waals surface area contributed by atoms with Crippen LogP contribution in [0.1, 0.15) is 12.5 Å². The number of aliphatic hydroxyl groups is 1. The average molecular weight is 333 g/mol. The molecule has 1 rings (SSSR count). The largest absolute Gasteiger partial charge is 0.423 e. The van der Waals surface area contributed by atoms with Gasteiger partial charge in [-0.1, -0.05) is 5.11 Å². The fourth-order valence-corrected chi connectivity index (χ4v) is 1.51. The van der Waals surface area contributed by atoms with E-state index in [0.717, 1.165) is 13.0 Å². The molecule has 0 spiro atoms. The second-order valence-electron chi connectivity index (χ2n) is 4.60. The zero-order valence-corrected chi connectivity index (χ0v) is 11.5. The molecule has 0 bridgehead atoms. The fraction of sp³-hybridized carbons (Fsp3) is 0.364. The molecule has 23 heavy (non-hydrogen) atoms. The van der Waals surface area contributed by atoms with E-state index in [1.54, 1.807) is 0 Å². The number of azide groups is 1. The lowest BCUT2D eigenvalue weighted by Crippen LogP contribution is -2.42. The molecule has 1 aromatic rings. The zero-order valence-electron chi connectivity index (χ0n) is 11.5. The van der Waals surface area contributed by atoms with Crippen LogP contribution in [0.3, 0.4) is 0 Å². The molecule has 0 heterocycles. The van der Waals surface area contributed by atoms with Gasteiger partial charge in [-0.15, -0.1) is 0 Å². The number of hydrogen-bond donors (Lipinski definition) is 2. The normalized spacial score (nSPS) is 13.6. The second kappa shape index (κ2) is 6.50. The summed E-state index contributed by atoms with van der Waals surface area (Å²) in [4.78, 5) is 23.5. The van der Waals surface area contributed by atoms with Gasteiger partial charge in [0.15, 0.2) is 0 Å². The molecule has 0 unspecified atom stereocenters. The summed E-state index contributed by atoms with van der Waals surface area (Å²) in [5.74, 6) is -1.13. The number of amides is 1. The van der Waals surface area contributed by atoms with E-state index in [1.807, 2.05) is 5.32 Å². The summed E-state index contributed by atoms with van der Waals surface area (Å²) in [5.41, 5.74) is 2.85. The number of nitrogens with zero attached hydrogens (tertiary/aromatic N) is 4. The molecule has 1 aromatic carbocycles. The highest BCUT2D eigenvalue weighted by molar-refractivity contribution is 5.97. The third kappa shape index (κ3) is 4.56. The minimum absolute atomic E-state index is 0.375. The highest BCUT2D eigenvalue weighted by atomic mass is 19.4. The molecule has 0 aliphatic heterocycles. The summed E-state index contributed by atoms with van der Waals surface area (Å²) >= 11 is 0. The fourth-order valence-electron chi connectivity index (χ4n) is 1.51. The lowest BCUT2D eigenvalue weighted by Gasteiger charge is -2.20. The van der Waals surface area contributed by atoms with Crippen LogP contribution in [0.25, 0.3) is 10.4 Å². The van der Waals surface area contributed by atoms with E-state index in [9.17, 15) is 33.2 Å². The van der Waals surface area contributed by atoms with Crippen LogP contribution in [0.15, 0.2) is 23.3 Å². The Balaban J connectivity index is 3.14. The lowest BCUT2D eigenvalue weighted by molar-refractivity contribution is -0.388. The molecule has 0 radical (unpaired) electrons. The molecule has 0 aliphatic rings. The maximum Gasteiger partial charge on any atom is 0.423 e. The number of nitro benzene ring substituents is 1. The van der Waals surface area contributed by atoms with E-state index in [0.29, 0.717) is 12.1 Å². The molecular weight excluding hydrogens is 323 g/mol. The summed E-state index contributed by atoms with van der Waals surface area (Å²) in [6, 6.07) is 1.84. The molecule has 2 N–H and O–H groups in total. The van der Waals surface area contributed by atoms with Gasteiger partial charge in [0.25, 0.3) is 11.6 Å². The van der Waals surface area contributed by atoms with E-state index in [2.05, 4.69) is 10.0 Å². The monoisotopic (exact) mass is 333 g/mol.